The van der Waals surface area contributed by atoms with Gasteiger partial charge in [0.25, 0.3) is 10.0 Å². The largest absolute Gasteiger partial charge is 0.268 e. The third kappa shape index (κ3) is 3.74. The zero-order valence-electron chi connectivity index (χ0n) is 16.9. The minimum atomic E-state index is -3.84. The van der Waals surface area contributed by atoms with E-state index in [2.05, 4.69) is 5.10 Å². The van der Waals surface area contributed by atoms with Crippen LogP contribution in [-0.4, -0.2) is 24.7 Å². The third-order valence-electron chi connectivity index (χ3n) is 4.89. The lowest BCUT2D eigenvalue weighted by Crippen LogP contribution is -2.31. The Morgan fingerprint density at radius 2 is 1.57 bits per heavy atom. The average molecular weight is 418 g/mol. The summed E-state index contributed by atoms with van der Waals surface area (Å²) in [5.41, 5.74) is 3.64. The van der Waals surface area contributed by atoms with E-state index in [4.69, 9.17) is 0 Å². The van der Waals surface area contributed by atoms with Crippen LogP contribution in [0.25, 0.3) is 16.9 Å². The molecule has 4 rings (SSSR count). The van der Waals surface area contributed by atoms with Crippen molar-refractivity contribution in [3.63, 3.8) is 0 Å². The highest BCUT2D eigenvalue weighted by Gasteiger charge is 2.30. The summed E-state index contributed by atoms with van der Waals surface area (Å²) in [7, 11) is -3.84. The van der Waals surface area contributed by atoms with E-state index in [-0.39, 0.29) is 4.90 Å². The first kappa shape index (κ1) is 19.9. The minimum Gasteiger partial charge on any atom is -0.266 e. The molecule has 1 aromatic heterocycles. The van der Waals surface area contributed by atoms with Crippen LogP contribution in [0.1, 0.15) is 12.5 Å². The van der Waals surface area contributed by atoms with Gasteiger partial charge in [0, 0.05) is 12.1 Å². The molecule has 0 aliphatic carbocycles. The third-order valence-corrected chi connectivity index (χ3v) is 6.80. The van der Waals surface area contributed by atoms with Crippen molar-refractivity contribution in [3.8, 4) is 16.9 Å². The van der Waals surface area contributed by atoms with Crippen LogP contribution in [0.15, 0.2) is 96.0 Å². The number of rotatable bonds is 6. The van der Waals surface area contributed by atoms with Gasteiger partial charge >= 0.3 is 0 Å². The standard InChI is InChI=1S/C24H23N3O2S/c1-3-27(22-16-10-11-19(2)17-22)30(28,29)23-18-26(21-14-8-5-9-15-21)25-24(23)20-12-6-4-7-13-20/h4-18H,3H2,1-2H3. The van der Waals surface area contributed by atoms with Crippen molar-refractivity contribution in [2.45, 2.75) is 18.7 Å². The molecule has 1 heterocycles. The van der Waals surface area contributed by atoms with Gasteiger partial charge in [0.2, 0.25) is 0 Å². The lowest BCUT2D eigenvalue weighted by atomic mass is 10.2. The first-order chi connectivity index (χ1) is 14.5. The Morgan fingerprint density at radius 1 is 0.900 bits per heavy atom. The molecule has 30 heavy (non-hydrogen) atoms. The molecule has 0 aliphatic heterocycles. The predicted octanol–water partition coefficient (Wildman–Crippen LogP) is 5.06. The first-order valence-corrected chi connectivity index (χ1v) is 11.2. The molecule has 3 aromatic carbocycles. The number of hydrogen-bond acceptors (Lipinski definition) is 3. The van der Waals surface area contributed by atoms with Gasteiger partial charge in [-0.2, -0.15) is 5.10 Å². The smallest absolute Gasteiger partial charge is 0.266 e. The molecule has 0 N–H and O–H groups in total. The summed E-state index contributed by atoms with van der Waals surface area (Å²) in [4.78, 5) is 0.181. The molecule has 6 heteroatoms. The fourth-order valence-electron chi connectivity index (χ4n) is 3.45. The normalized spacial score (nSPS) is 11.4. The monoisotopic (exact) mass is 417 g/mol. The molecule has 0 unspecified atom stereocenters. The molecule has 0 atom stereocenters. The summed E-state index contributed by atoms with van der Waals surface area (Å²) >= 11 is 0. The Bertz CT molecular complexity index is 1250. The number of hydrogen-bond donors (Lipinski definition) is 0. The maximum absolute atomic E-state index is 13.8. The van der Waals surface area contributed by atoms with Crippen molar-refractivity contribution in [1.82, 2.24) is 9.78 Å². The van der Waals surface area contributed by atoms with E-state index in [9.17, 15) is 8.42 Å². The summed E-state index contributed by atoms with van der Waals surface area (Å²) in [5, 5.41) is 4.66. The molecule has 0 amide bonds. The van der Waals surface area contributed by atoms with Crippen molar-refractivity contribution < 1.29 is 8.42 Å². The van der Waals surface area contributed by atoms with E-state index in [0.717, 1.165) is 16.8 Å². The van der Waals surface area contributed by atoms with Crippen LogP contribution >= 0.6 is 0 Å². The van der Waals surface area contributed by atoms with Crippen LogP contribution in [-0.2, 0) is 10.0 Å². The minimum absolute atomic E-state index is 0.181. The zero-order valence-corrected chi connectivity index (χ0v) is 17.8. The number of aromatic nitrogens is 2. The highest BCUT2D eigenvalue weighted by molar-refractivity contribution is 7.93. The Kier molecular flexibility index (Phi) is 5.42. The topological polar surface area (TPSA) is 55.2 Å². The van der Waals surface area contributed by atoms with Gasteiger partial charge in [-0.05, 0) is 43.7 Å². The summed E-state index contributed by atoms with van der Waals surface area (Å²) in [6, 6.07) is 26.4. The second kappa shape index (κ2) is 8.16. The Balaban J connectivity index is 1.90. The van der Waals surface area contributed by atoms with Crippen molar-refractivity contribution in [2.24, 2.45) is 0 Å². The van der Waals surface area contributed by atoms with Crippen molar-refractivity contribution >= 4 is 15.7 Å². The lowest BCUT2D eigenvalue weighted by Gasteiger charge is -2.23. The number of anilines is 1. The van der Waals surface area contributed by atoms with Gasteiger partial charge in [0.05, 0.1) is 17.6 Å². The highest BCUT2D eigenvalue weighted by atomic mass is 32.2. The summed E-state index contributed by atoms with van der Waals surface area (Å²) < 4.78 is 30.6. The Morgan fingerprint density at radius 3 is 2.20 bits per heavy atom. The Labute approximate surface area is 177 Å². The number of para-hydroxylation sites is 1. The second-order valence-electron chi connectivity index (χ2n) is 7.00. The molecule has 0 saturated carbocycles. The molecule has 4 aromatic rings. The fourth-order valence-corrected chi connectivity index (χ4v) is 5.05. The van der Waals surface area contributed by atoms with Crippen molar-refractivity contribution in [2.75, 3.05) is 10.8 Å². The van der Waals surface area contributed by atoms with Gasteiger partial charge in [0.15, 0.2) is 0 Å². The van der Waals surface area contributed by atoms with E-state index in [1.807, 2.05) is 98.8 Å². The quantitative estimate of drug-likeness (QED) is 0.440. The molecular weight excluding hydrogens is 394 g/mol. The van der Waals surface area contributed by atoms with Crippen LogP contribution in [0.5, 0.6) is 0 Å². The number of aryl methyl sites for hydroxylation is 1. The molecule has 0 bridgehead atoms. The van der Waals surface area contributed by atoms with Crippen molar-refractivity contribution in [1.29, 1.82) is 0 Å². The Hall–Kier alpha value is -3.38. The van der Waals surface area contributed by atoms with E-state index < -0.39 is 10.0 Å². The van der Waals surface area contributed by atoms with Gasteiger partial charge in [-0.1, -0.05) is 60.7 Å². The van der Waals surface area contributed by atoms with Crippen LogP contribution in [0.4, 0.5) is 5.69 Å². The number of nitrogens with zero attached hydrogens (tertiary/aromatic N) is 3. The maximum atomic E-state index is 13.8. The molecular formula is C24H23N3O2S. The van der Waals surface area contributed by atoms with Crippen molar-refractivity contribution in [3.05, 3.63) is 96.7 Å². The fraction of sp³-hybridized carbons (Fsp3) is 0.125. The molecule has 0 saturated heterocycles. The molecule has 0 aliphatic rings. The summed E-state index contributed by atoms with van der Waals surface area (Å²) in [6.07, 6.45) is 1.60. The number of benzene rings is 3. The highest BCUT2D eigenvalue weighted by Crippen LogP contribution is 2.32. The molecule has 0 spiro atoms. The van der Waals surface area contributed by atoms with Gasteiger partial charge in [-0.25, -0.2) is 13.1 Å². The van der Waals surface area contributed by atoms with Gasteiger partial charge in [-0.3, -0.25) is 4.31 Å². The van der Waals surface area contributed by atoms with Gasteiger partial charge in [-0.15, -0.1) is 0 Å². The van der Waals surface area contributed by atoms with Gasteiger partial charge in [0.1, 0.15) is 10.6 Å². The van der Waals surface area contributed by atoms with E-state index in [1.165, 1.54) is 4.31 Å². The molecule has 0 fully saturated rings. The molecule has 5 nitrogen and oxygen atoms in total. The van der Waals surface area contributed by atoms with E-state index >= 15 is 0 Å². The average Bonchev–Trinajstić information content (AvgIpc) is 3.22. The van der Waals surface area contributed by atoms with Crippen LogP contribution in [0.3, 0.4) is 0 Å². The zero-order chi connectivity index (χ0) is 21.1. The molecule has 0 radical (unpaired) electrons. The predicted molar refractivity (Wildman–Crippen MR) is 120 cm³/mol. The first-order valence-electron chi connectivity index (χ1n) is 9.80. The van der Waals surface area contributed by atoms with E-state index in [0.29, 0.717) is 17.9 Å². The maximum Gasteiger partial charge on any atom is 0.268 e. The lowest BCUT2D eigenvalue weighted by molar-refractivity contribution is 0.592. The number of sulfonamides is 1. The molecule has 152 valence electrons. The summed E-state index contributed by atoms with van der Waals surface area (Å²) in [6.45, 7) is 4.10. The van der Waals surface area contributed by atoms with Crippen LogP contribution < -0.4 is 4.31 Å². The summed E-state index contributed by atoms with van der Waals surface area (Å²) in [5.74, 6) is 0. The van der Waals surface area contributed by atoms with Gasteiger partial charge < -0.3 is 0 Å². The van der Waals surface area contributed by atoms with E-state index in [1.54, 1.807) is 10.9 Å². The van der Waals surface area contributed by atoms with Crippen LogP contribution in [0, 0.1) is 6.92 Å². The second-order valence-corrected chi connectivity index (χ2v) is 8.83. The van der Waals surface area contributed by atoms with Crippen LogP contribution in [0.2, 0.25) is 0 Å². The SMILES string of the molecule is CCN(c1cccc(C)c1)S(=O)(=O)c1cn(-c2ccccc2)nc1-c1ccccc1.